The average Bonchev–Trinajstić information content (AvgIpc) is 3.89. The van der Waals surface area contributed by atoms with Gasteiger partial charge in [-0.2, -0.15) is 5.10 Å². The summed E-state index contributed by atoms with van der Waals surface area (Å²) in [5.74, 6) is -0.241. The van der Waals surface area contributed by atoms with Gasteiger partial charge in [0.2, 0.25) is 5.91 Å². The van der Waals surface area contributed by atoms with Crippen LogP contribution in [0.4, 0.5) is 4.79 Å². The van der Waals surface area contributed by atoms with Crippen LogP contribution in [0.3, 0.4) is 0 Å². The Balaban J connectivity index is 0.957. The molecule has 2 aromatic carbocycles. The molecular weight excluding hydrogens is 721 g/mol. The number of nitrogens with zero attached hydrogens (tertiary/aromatic N) is 6. The van der Waals surface area contributed by atoms with Crippen LogP contribution in [0.15, 0.2) is 66.1 Å². The summed E-state index contributed by atoms with van der Waals surface area (Å²) in [6.07, 6.45) is 9.83. The summed E-state index contributed by atoms with van der Waals surface area (Å²) >= 11 is 0. The van der Waals surface area contributed by atoms with Crippen LogP contribution >= 0.6 is 0 Å². The Morgan fingerprint density at radius 1 is 0.965 bits per heavy atom. The zero-order valence-electron chi connectivity index (χ0n) is 33.4. The summed E-state index contributed by atoms with van der Waals surface area (Å²) < 4.78 is 7.31. The number of aromatic nitrogens is 3. The van der Waals surface area contributed by atoms with Crippen LogP contribution in [-0.4, -0.2) is 124 Å². The highest BCUT2D eigenvalue weighted by atomic mass is 16.5. The summed E-state index contributed by atoms with van der Waals surface area (Å²) in [5.41, 5.74) is 3.71. The third kappa shape index (κ3) is 8.50. The molecule has 1 atom stereocenters. The maximum Gasteiger partial charge on any atom is 0.318 e. The number of urea groups is 1. The summed E-state index contributed by atoms with van der Waals surface area (Å²) in [6, 6.07) is 13.3. The van der Waals surface area contributed by atoms with Crippen molar-refractivity contribution in [2.24, 2.45) is 5.41 Å². The lowest BCUT2D eigenvalue weighted by Crippen LogP contribution is -2.59. The first-order valence-corrected chi connectivity index (χ1v) is 20.7. The molecule has 3 aliphatic heterocycles. The minimum Gasteiger partial charge on any atom is -0.442 e. The average molecular weight is 777 g/mol. The number of piperidine rings is 2. The van der Waals surface area contributed by atoms with Crippen molar-refractivity contribution in [2.45, 2.75) is 83.0 Å². The number of esters is 1. The van der Waals surface area contributed by atoms with Crippen molar-refractivity contribution in [3.63, 3.8) is 0 Å². The van der Waals surface area contributed by atoms with Gasteiger partial charge in [-0.15, -0.1) is 6.58 Å². The number of hydrogen-bond acceptors (Lipinski definition) is 8. The predicted molar refractivity (Wildman–Crippen MR) is 220 cm³/mol. The summed E-state index contributed by atoms with van der Waals surface area (Å²) in [4.78, 5) is 65.9. The number of ether oxygens (including phenoxy) is 1. The fourth-order valence-electron chi connectivity index (χ4n) is 9.24. The number of aryl methyl sites for hydroxylation is 1. The highest BCUT2D eigenvalue weighted by Gasteiger charge is 2.50. The molecule has 0 unspecified atom stereocenters. The molecule has 13 nitrogen and oxygen atoms in total. The molecule has 0 bridgehead atoms. The fourth-order valence-corrected chi connectivity index (χ4v) is 9.24. The van der Waals surface area contributed by atoms with Crippen molar-refractivity contribution in [1.29, 1.82) is 0 Å². The molecule has 4 aliphatic rings. The first kappa shape index (κ1) is 38.8. The largest absolute Gasteiger partial charge is 0.442 e. The number of rotatable bonds is 11. The van der Waals surface area contributed by atoms with Crippen molar-refractivity contribution >= 4 is 39.7 Å². The van der Waals surface area contributed by atoms with E-state index in [2.05, 4.69) is 33.7 Å². The molecule has 0 spiro atoms. The van der Waals surface area contributed by atoms with Gasteiger partial charge in [0.25, 0.3) is 5.56 Å². The molecule has 57 heavy (non-hydrogen) atoms. The van der Waals surface area contributed by atoms with E-state index in [-0.39, 0.29) is 36.1 Å². The van der Waals surface area contributed by atoms with Crippen molar-refractivity contribution in [1.82, 2.24) is 39.7 Å². The highest BCUT2D eigenvalue weighted by molar-refractivity contribution is 5.88. The van der Waals surface area contributed by atoms with Gasteiger partial charge in [-0.1, -0.05) is 30.3 Å². The number of benzene rings is 2. The normalized spacial score (nSPS) is 20.1. The van der Waals surface area contributed by atoms with E-state index in [0.29, 0.717) is 57.9 Å². The Bertz CT molecular complexity index is 2190. The smallest absolute Gasteiger partial charge is 0.318 e. The van der Waals surface area contributed by atoms with Gasteiger partial charge in [-0.05, 0) is 113 Å². The van der Waals surface area contributed by atoms with E-state index in [9.17, 15) is 19.2 Å². The number of piperazine rings is 1. The van der Waals surface area contributed by atoms with Crippen LogP contribution in [0.2, 0.25) is 0 Å². The quantitative estimate of drug-likeness (QED) is 0.164. The molecule has 0 radical (unpaired) electrons. The van der Waals surface area contributed by atoms with Crippen molar-refractivity contribution in [2.75, 3.05) is 59.4 Å². The predicted octanol–water partition coefficient (Wildman–Crippen LogP) is 4.78. The Labute approximate surface area is 334 Å². The van der Waals surface area contributed by atoms with E-state index in [1.54, 1.807) is 15.7 Å². The summed E-state index contributed by atoms with van der Waals surface area (Å²) in [6.45, 7) is 11.9. The molecule has 302 valence electrons. The van der Waals surface area contributed by atoms with Gasteiger partial charge < -0.3 is 29.7 Å². The number of pyridine rings is 1. The van der Waals surface area contributed by atoms with Gasteiger partial charge in [0, 0.05) is 74.4 Å². The maximum absolute atomic E-state index is 14.4. The number of amides is 3. The number of carbonyl (C=O) groups is 3. The first-order valence-electron chi connectivity index (χ1n) is 20.7. The topological polar surface area (TPSA) is 136 Å². The number of allylic oxidation sites excluding steroid dienone is 1. The second-order valence-corrected chi connectivity index (χ2v) is 16.9. The molecule has 8 rings (SSSR count). The molecule has 4 aromatic rings. The number of hydrogen-bond donors (Lipinski definition) is 2. The van der Waals surface area contributed by atoms with Crippen LogP contribution in [0.1, 0.15) is 67.6 Å². The zero-order chi connectivity index (χ0) is 39.7. The summed E-state index contributed by atoms with van der Waals surface area (Å²) in [5, 5.41) is 9.74. The van der Waals surface area contributed by atoms with Gasteiger partial charge in [0.05, 0.1) is 10.9 Å². The minimum atomic E-state index is -0.763. The van der Waals surface area contributed by atoms with E-state index in [4.69, 9.17) is 9.84 Å². The van der Waals surface area contributed by atoms with Gasteiger partial charge in [0.15, 0.2) is 6.73 Å². The molecule has 3 saturated heterocycles. The molecular formula is C44H56N8O5. The number of para-hydroxylation sites is 1. The van der Waals surface area contributed by atoms with Crippen LogP contribution in [0.25, 0.3) is 21.8 Å². The van der Waals surface area contributed by atoms with E-state index in [1.165, 1.54) is 0 Å². The Kier molecular flexibility index (Phi) is 11.2. The molecule has 5 heterocycles. The van der Waals surface area contributed by atoms with E-state index >= 15 is 0 Å². The molecule has 13 heteroatoms. The molecule has 1 aliphatic carbocycles. The zero-order valence-corrected chi connectivity index (χ0v) is 33.4. The van der Waals surface area contributed by atoms with Gasteiger partial charge in [0.1, 0.15) is 6.04 Å². The molecule has 4 fully saturated rings. The lowest BCUT2D eigenvalue weighted by atomic mass is 9.89. The standard InChI is InChI=1S/C44H56N8O5/c1-4-13-44(14-15-44)42(55)57-29-52-28-34-25-31(24-30(2)39(34)47-52)26-38(41(54)50-22-20-49(21-23-50)35-11-16-48(3)17-12-35)46-43(56)51-18-9-32(10-19-51)36-27-33-7-5-6-8-37(33)45-40(36)53/h4-8,24-25,27-28,32,35,38H,1,9-23,26,29H2,2-3H3,(H,45,53)(H,46,56)/t38-/m1/s1. The summed E-state index contributed by atoms with van der Waals surface area (Å²) in [7, 11) is 2.17. The maximum atomic E-state index is 14.4. The van der Waals surface area contributed by atoms with Gasteiger partial charge in [-0.3, -0.25) is 19.3 Å². The second-order valence-electron chi connectivity index (χ2n) is 16.9. The SMILES string of the molecule is C=CCC1(C(=O)OCn2cc3cc(C[C@@H](NC(=O)N4CCC(c5cc6ccccc6[nH]c5=O)CC4)C(=O)N4CCN(C5CCN(C)CC5)CC4)cc(C)c3n2)CC1. The number of fused-ring (bicyclic) bond motifs is 2. The molecule has 2 N–H and O–H groups in total. The van der Waals surface area contributed by atoms with E-state index in [0.717, 1.165) is 90.4 Å². The monoisotopic (exact) mass is 776 g/mol. The number of likely N-dealkylation sites (tertiary alicyclic amines) is 2. The molecule has 1 saturated carbocycles. The molecule has 3 amide bonds. The first-order chi connectivity index (χ1) is 27.6. The van der Waals surface area contributed by atoms with E-state index < -0.39 is 11.5 Å². The van der Waals surface area contributed by atoms with Crippen LogP contribution in [0, 0.1) is 12.3 Å². The van der Waals surface area contributed by atoms with Crippen molar-refractivity contribution in [3.05, 3.63) is 88.4 Å². The molecule has 2 aromatic heterocycles. The lowest BCUT2D eigenvalue weighted by molar-refractivity contribution is -0.154. The van der Waals surface area contributed by atoms with Gasteiger partial charge >= 0.3 is 12.0 Å². The van der Waals surface area contributed by atoms with Crippen LogP contribution in [-0.2, 0) is 27.5 Å². The van der Waals surface area contributed by atoms with E-state index in [1.807, 2.05) is 60.5 Å². The number of H-pyrrole nitrogens is 1. The van der Waals surface area contributed by atoms with Gasteiger partial charge in [-0.25, -0.2) is 9.48 Å². The second kappa shape index (κ2) is 16.5. The fraction of sp³-hybridized carbons (Fsp3) is 0.523. The third-order valence-electron chi connectivity index (χ3n) is 12.9. The van der Waals surface area contributed by atoms with Crippen LogP contribution in [0.5, 0.6) is 0 Å². The Morgan fingerprint density at radius 3 is 2.42 bits per heavy atom. The Morgan fingerprint density at radius 2 is 1.70 bits per heavy atom. The Hall–Kier alpha value is -5.01. The van der Waals surface area contributed by atoms with Crippen molar-refractivity contribution in [3.8, 4) is 0 Å². The van der Waals surface area contributed by atoms with Crippen LogP contribution < -0.4 is 10.9 Å². The van der Waals surface area contributed by atoms with Crippen molar-refractivity contribution < 1.29 is 19.1 Å². The minimum absolute atomic E-state index is 0.0217. The number of aromatic amines is 1. The highest BCUT2D eigenvalue weighted by Crippen LogP contribution is 2.50. The third-order valence-corrected chi connectivity index (χ3v) is 12.9. The number of nitrogens with one attached hydrogen (secondary N) is 2. The lowest BCUT2D eigenvalue weighted by Gasteiger charge is -2.43. The number of carbonyl (C=O) groups excluding carboxylic acids is 3.